The zero-order valence-corrected chi connectivity index (χ0v) is 9.88. The molecule has 0 amide bonds. The molecule has 0 unspecified atom stereocenters. The van der Waals surface area contributed by atoms with Crippen LogP contribution >= 0.6 is 11.6 Å². The van der Waals surface area contributed by atoms with Crippen molar-refractivity contribution in [3.05, 3.63) is 23.1 Å². The van der Waals surface area contributed by atoms with Gasteiger partial charge in [0, 0.05) is 12.6 Å². The van der Waals surface area contributed by atoms with Crippen LogP contribution in [-0.4, -0.2) is 20.7 Å². The largest absolute Gasteiger partial charge is 0.344 e. The zero-order valence-electron chi connectivity index (χ0n) is 9.12. The Balaban J connectivity index is 2.44. The molecule has 2 heterocycles. The van der Waals surface area contributed by atoms with E-state index < -0.39 is 0 Å². The maximum Gasteiger partial charge on any atom is 0.166 e. The number of ketones is 1. The fraction of sp³-hybridized carbons (Fsp3) is 0.364. The van der Waals surface area contributed by atoms with Crippen LogP contribution < -0.4 is 0 Å². The van der Waals surface area contributed by atoms with E-state index >= 15 is 0 Å². The number of carbonyl (C=O) groups is 1. The summed E-state index contributed by atoms with van der Waals surface area (Å²) in [6.07, 6.45) is 3.60. The van der Waals surface area contributed by atoms with Gasteiger partial charge in [-0.25, -0.2) is 9.97 Å². The van der Waals surface area contributed by atoms with Crippen LogP contribution in [0.15, 0.2) is 12.4 Å². The standard InChI is InChI=1S/C11H12ClN3O/c1-6(2)3-8(16)7-4-13-11-10(7)15-9(12)5-14-11/h4-6H,3H2,1-2H3,(H,13,14). The molecule has 0 spiro atoms. The van der Waals surface area contributed by atoms with Crippen molar-refractivity contribution in [2.24, 2.45) is 5.92 Å². The van der Waals surface area contributed by atoms with Gasteiger partial charge in [-0.2, -0.15) is 0 Å². The van der Waals surface area contributed by atoms with E-state index in [1.54, 1.807) is 6.20 Å². The highest BCUT2D eigenvalue weighted by Gasteiger charge is 2.15. The molecule has 5 heteroatoms. The molecule has 16 heavy (non-hydrogen) atoms. The van der Waals surface area contributed by atoms with Gasteiger partial charge in [0.25, 0.3) is 0 Å². The van der Waals surface area contributed by atoms with Gasteiger partial charge in [-0.05, 0) is 5.92 Å². The minimum absolute atomic E-state index is 0.0674. The molecule has 84 valence electrons. The molecule has 0 bridgehead atoms. The molecule has 1 N–H and O–H groups in total. The van der Waals surface area contributed by atoms with Crippen LogP contribution in [0.25, 0.3) is 11.2 Å². The molecule has 0 atom stereocenters. The summed E-state index contributed by atoms with van der Waals surface area (Å²) in [7, 11) is 0. The zero-order chi connectivity index (χ0) is 11.7. The summed E-state index contributed by atoms with van der Waals surface area (Å²) in [5.41, 5.74) is 1.72. The van der Waals surface area contributed by atoms with Gasteiger partial charge in [-0.3, -0.25) is 4.79 Å². The average Bonchev–Trinajstić information content (AvgIpc) is 2.59. The third kappa shape index (κ3) is 2.07. The van der Waals surface area contributed by atoms with E-state index in [2.05, 4.69) is 15.0 Å². The Morgan fingerprint density at radius 2 is 2.31 bits per heavy atom. The fourth-order valence-electron chi connectivity index (χ4n) is 1.56. The topological polar surface area (TPSA) is 58.6 Å². The van der Waals surface area contributed by atoms with Crippen molar-refractivity contribution in [1.29, 1.82) is 0 Å². The van der Waals surface area contributed by atoms with E-state index in [0.717, 1.165) is 0 Å². The predicted molar refractivity (Wildman–Crippen MR) is 62.7 cm³/mol. The average molecular weight is 238 g/mol. The Morgan fingerprint density at radius 1 is 1.56 bits per heavy atom. The summed E-state index contributed by atoms with van der Waals surface area (Å²) < 4.78 is 0. The lowest BCUT2D eigenvalue weighted by atomic mass is 10.0. The van der Waals surface area contributed by atoms with E-state index in [9.17, 15) is 4.79 Å². The SMILES string of the molecule is CC(C)CC(=O)c1c[nH]c2ncc(Cl)nc12. The first-order chi connectivity index (χ1) is 7.58. The highest BCUT2D eigenvalue weighted by atomic mass is 35.5. The first kappa shape index (κ1) is 11.1. The minimum atomic E-state index is 0.0674. The Bertz CT molecular complexity index is 533. The number of H-pyrrole nitrogens is 1. The van der Waals surface area contributed by atoms with Gasteiger partial charge >= 0.3 is 0 Å². The molecule has 0 saturated carbocycles. The van der Waals surface area contributed by atoms with Crippen molar-refractivity contribution in [3.63, 3.8) is 0 Å². The second kappa shape index (κ2) is 4.22. The summed E-state index contributed by atoms with van der Waals surface area (Å²) in [5.74, 6) is 0.391. The number of rotatable bonds is 3. The molecular weight excluding hydrogens is 226 g/mol. The Labute approximate surface area is 98.1 Å². The Hall–Kier alpha value is -1.42. The smallest absolute Gasteiger partial charge is 0.166 e. The number of fused-ring (bicyclic) bond motifs is 1. The van der Waals surface area contributed by atoms with Crippen LogP contribution in [0, 0.1) is 5.92 Å². The molecule has 2 rings (SSSR count). The molecule has 0 radical (unpaired) electrons. The van der Waals surface area contributed by atoms with E-state index in [1.807, 2.05) is 13.8 Å². The molecular formula is C11H12ClN3O. The van der Waals surface area contributed by atoms with E-state index in [4.69, 9.17) is 11.6 Å². The molecule has 0 aromatic carbocycles. The number of nitrogens with zero attached hydrogens (tertiary/aromatic N) is 2. The van der Waals surface area contributed by atoms with Gasteiger partial charge < -0.3 is 4.98 Å². The van der Waals surface area contributed by atoms with Crippen molar-refractivity contribution >= 4 is 28.5 Å². The fourth-order valence-corrected chi connectivity index (χ4v) is 1.70. The Morgan fingerprint density at radius 3 is 3.00 bits per heavy atom. The van der Waals surface area contributed by atoms with Crippen molar-refractivity contribution in [3.8, 4) is 0 Å². The van der Waals surface area contributed by atoms with E-state index in [-0.39, 0.29) is 5.78 Å². The molecule has 0 aliphatic rings. The minimum Gasteiger partial charge on any atom is -0.344 e. The van der Waals surface area contributed by atoms with Crippen LogP contribution in [0.4, 0.5) is 0 Å². The van der Waals surface area contributed by atoms with Gasteiger partial charge in [0.15, 0.2) is 11.4 Å². The lowest BCUT2D eigenvalue weighted by molar-refractivity contribution is 0.0969. The van der Waals surface area contributed by atoms with Gasteiger partial charge in [0.05, 0.1) is 11.8 Å². The van der Waals surface area contributed by atoms with Crippen LogP contribution in [0.5, 0.6) is 0 Å². The molecule has 2 aromatic heterocycles. The number of aromatic nitrogens is 3. The van der Waals surface area contributed by atoms with Crippen LogP contribution in [-0.2, 0) is 0 Å². The summed E-state index contributed by atoms with van der Waals surface area (Å²) >= 11 is 5.76. The second-order valence-electron chi connectivity index (χ2n) is 4.11. The number of Topliss-reactive ketones (excluding diaryl/α,β-unsaturated/α-hetero) is 1. The van der Waals surface area contributed by atoms with Crippen molar-refractivity contribution in [2.75, 3.05) is 0 Å². The molecule has 0 aliphatic heterocycles. The highest BCUT2D eigenvalue weighted by Crippen LogP contribution is 2.19. The number of nitrogens with one attached hydrogen (secondary N) is 1. The van der Waals surface area contributed by atoms with Crippen LogP contribution in [0.2, 0.25) is 5.15 Å². The van der Waals surface area contributed by atoms with Gasteiger partial charge in [-0.15, -0.1) is 0 Å². The summed E-state index contributed by atoms with van der Waals surface area (Å²) in [5, 5.41) is 0.297. The summed E-state index contributed by atoms with van der Waals surface area (Å²) in [4.78, 5) is 23.0. The Kier molecular flexibility index (Phi) is 2.92. The number of aromatic amines is 1. The number of hydrogen-bond donors (Lipinski definition) is 1. The van der Waals surface area contributed by atoms with Crippen molar-refractivity contribution in [1.82, 2.24) is 15.0 Å². The maximum absolute atomic E-state index is 11.9. The third-order valence-corrected chi connectivity index (χ3v) is 2.43. The molecule has 4 nitrogen and oxygen atoms in total. The third-order valence-electron chi connectivity index (χ3n) is 2.25. The summed E-state index contributed by atoms with van der Waals surface area (Å²) in [6.45, 7) is 4.01. The quantitative estimate of drug-likeness (QED) is 0.835. The van der Waals surface area contributed by atoms with Crippen molar-refractivity contribution in [2.45, 2.75) is 20.3 Å². The second-order valence-corrected chi connectivity index (χ2v) is 4.50. The van der Waals surface area contributed by atoms with Gasteiger partial charge in [0.2, 0.25) is 0 Å². The summed E-state index contributed by atoms with van der Waals surface area (Å²) in [6, 6.07) is 0. The van der Waals surface area contributed by atoms with Gasteiger partial charge in [0.1, 0.15) is 10.7 Å². The first-order valence-electron chi connectivity index (χ1n) is 5.10. The highest BCUT2D eigenvalue weighted by molar-refractivity contribution is 6.29. The lowest BCUT2D eigenvalue weighted by Crippen LogP contribution is -2.03. The van der Waals surface area contributed by atoms with E-state index in [0.29, 0.717) is 34.2 Å². The monoisotopic (exact) mass is 237 g/mol. The number of hydrogen-bond acceptors (Lipinski definition) is 3. The van der Waals surface area contributed by atoms with Crippen molar-refractivity contribution < 1.29 is 4.79 Å². The number of carbonyl (C=O) groups excluding carboxylic acids is 1. The van der Waals surface area contributed by atoms with Crippen LogP contribution in [0.1, 0.15) is 30.6 Å². The maximum atomic E-state index is 11.9. The normalized spacial score (nSPS) is 11.2. The number of halogens is 1. The lowest BCUT2D eigenvalue weighted by Gasteiger charge is -2.01. The first-order valence-corrected chi connectivity index (χ1v) is 5.48. The van der Waals surface area contributed by atoms with Gasteiger partial charge in [-0.1, -0.05) is 25.4 Å². The molecule has 0 aliphatic carbocycles. The molecule has 0 saturated heterocycles. The van der Waals surface area contributed by atoms with Crippen LogP contribution in [0.3, 0.4) is 0 Å². The molecule has 0 fully saturated rings. The van der Waals surface area contributed by atoms with E-state index in [1.165, 1.54) is 6.20 Å². The molecule has 2 aromatic rings. The predicted octanol–water partition coefficient (Wildman–Crippen LogP) is 2.84.